The first kappa shape index (κ1) is 46.0. The van der Waals surface area contributed by atoms with Gasteiger partial charge in [-0.3, -0.25) is 0 Å². The van der Waals surface area contributed by atoms with Gasteiger partial charge >= 0.3 is 17.9 Å². The maximum atomic E-state index is 12.9. The monoisotopic (exact) mass is 819 g/mol. The molecule has 5 aromatic rings. The number of esters is 3. The molecule has 5 rings (SSSR count). The number of benzene rings is 4. The summed E-state index contributed by atoms with van der Waals surface area (Å²) in [7, 11) is 0. The fourth-order valence-electron chi connectivity index (χ4n) is 6.26. The van der Waals surface area contributed by atoms with E-state index < -0.39 is 29.1 Å². The van der Waals surface area contributed by atoms with Crippen LogP contribution in [0.3, 0.4) is 0 Å². The predicted molar refractivity (Wildman–Crippen MR) is 237 cm³/mol. The lowest BCUT2D eigenvalue weighted by Crippen LogP contribution is -2.40. The van der Waals surface area contributed by atoms with Crippen molar-refractivity contribution in [2.24, 2.45) is 5.92 Å². The Bertz CT molecular complexity index is 2180. The molecule has 312 valence electrons. The summed E-state index contributed by atoms with van der Waals surface area (Å²) in [5, 5.41) is 1.29. The van der Waals surface area contributed by atoms with Crippen LogP contribution in [-0.2, 0) is 16.0 Å². The minimum Gasteiger partial charge on any atom is -0.488 e. The Morgan fingerprint density at radius 2 is 1.31 bits per heavy atom. The van der Waals surface area contributed by atoms with Gasteiger partial charge in [-0.05, 0) is 146 Å². The second-order valence-corrected chi connectivity index (χ2v) is 17.8. The van der Waals surface area contributed by atoms with E-state index in [-0.39, 0.29) is 17.1 Å². The largest absolute Gasteiger partial charge is 0.488 e. The Kier molecular flexibility index (Phi) is 15.8. The molecule has 0 radical (unpaired) electrons. The minimum absolute atomic E-state index is 0.256. The Morgan fingerprint density at radius 1 is 0.729 bits per heavy atom. The van der Waals surface area contributed by atoms with Crippen LogP contribution in [0.2, 0.25) is 0 Å². The van der Waals surface area contributed by atoms with Crippen molar-refractivity contribution in [1.29, 1.82) is 0 Å². The summed E-state index contributed by atoms with van der Waals surface area (Å²) in [5.41, 5.74) is 0.481. The molecule has 4 aromatic carbocycles. The molecule has 0 aliphatic heterocycles. The Morgan fingerprint density at radius 3 is 1.86 bits per heavy atom. The van der Waals surface area contributed by atoms with Crippen molar-refractivity contribution in [3.63, 3.8) is 0 Å². The molecular weight excluding hydrogens is 763 g/mol. The molecule has 0 aliphatic carbocycles. The van der Waals surface area contributed by atoms with Gasteiger partial charge in [0.25, 0.3) is 0 Å². The van der Waals surface area contributed by atoms with Crippen LogP contribution < -0.4 is 18.9 Å². The van der Waals surface area contributed by atoms with Crippen LogP contribution in [0.4, 0.5) is 0 Å². The predicted octanol–water partition coefficient (Wildman–Crippen LogP) is 12.3. The zero-order chi connectivity index (χ0) is 43.4. The topological polar surface area (TPSA) is 110 Å². The van der Waals surface area contributed by atoms with Crippen molar-refractivity contribution in [3.05, 3.63) is 132 Å². The smallest absolute Gasteiger partial charge is 0.343 e. The van der Waals surface area contributed by atoms with E-state index in [1.165, 1.54) is 34.7 Å². The highest BCUT2D eigenvalue weighted by Crippen LogP contribution is 2.31. The molecule has 0 saturated heterocycles. The lowest BCUT2D eigenvalue weighted by molar-refractivity contribution is -0.154. The number of aryl methyl sites for hydroxylation is 1. The molecule has 59 heavy (non-hydrogen) atoms. The van der Waals surface area contributed by atoms with Gasteiger partial charge in [0.2, 0.25) is 0 Å². The Labute approximate surface area is 353 Å². The third kappa shape index (κ3) is 15.2. The highest BCUT2D eigenvalue weighted by atomic mass is 32.1. The summed E-state index contributed by atoms with van der Waals surface area (Å²) in [6, 6.07) is 26.2. The first-order chi connectivity index (χ1) is 27.7. The summed E-state index contributed by atoms with van der Waals surface area (Å²) in [4.78, 5) is 41.9. The van der Waals surface area contributed by atoms with Crippen molar-refractivity contribution in [1.82, 2.24) is 4.98 Å². The lowest BCUT2D eigenvalue weighted by atomic mass is 9.92. The maximum Gasteiger partial charge on any atom is 0.343 e. The SMILES string of the molecule is C=CC(=O)OC(C)(C)CC(C)(C)Oc1ccc(C(=O)Oc2ccc(OC(=O)c3ccc(OC(C)(C)C)cc3)cc2C=C)cc1.CC(C)CCCc1nc2ccccc2s1. The van der Waals surface area contributed by atoms with Crippen LogP contribution in [-0.4, -0.2) is 39.7 Å². The zero-order valence-electron chi connectivity index (χ0n) is 35.8. The van der Waals surface area contributed by atoms with Crippen LogP contribution >= 0.6 is 11.3 Å². The molecule has 9 nitrogen and oxygen atoms in total. The lowest BCUT2D eigenvalue weighted by Gasteiger charge is -2.34. The summed E-state index contributed by atoms with van der Waals surface area (Å²) in [6.07, 6.45) is 6.74. The van der Waals surface area contributed by atoms with Crippen molar-refractivity contribution < 1.29 is 38.1 Å². The van der Waals surface area contributed by atoms with E-state index in [0.717, 1.165) is 23.9 Å². The van der Waals surface area contributed by atoms with Crippen molar-refractivity contribution >= 4 is 45.5 Å². The highest BCUT2D eigenvalue weighted by Gasteiger charge is 2.33. The van der Waals surface area contributed by atoms with Crippen molar-refractivity contribution in [3.8, 4) is 23.0 Å². The second-order valence-electron chi connectivity index (χ2n) is 16.7. The molecule has 0 N–H and O–H groups in total. The van der Waals surface area contributed by atoms with Crippen molar-refractivity contribution in [2.75, 3.05) is 0 Å². The van der Waals surface area contributed by atoms with E-state index in [1.54, 1.807) is 74.5 Å². The number of ether oxygens (including phenoxy) is 5. The van der Waals surface area contributed by atoms with E-state index in [4.69, 9.17) is 23.7 Å². The third-order valence-electron chi connectivity index (χ3n) is 8.52. The van der Waals surface area contributed by atoms with Gasteiger partial charge in [0, 0.05) is 18.1 Å². The minimum atomic E-state index is -0.776. The zero-order valence-corrected chi connectivity index (χ0v) is 36.6. The average molecular weight is 820 g/mol. The summed E-state index contributed by atoms with van der Waals surface area (Å²) in [6.45, 7) is 25.0. The maximum absolute atomic E-state index is 12.9. The number of hydrogen-bond donors (Lipinski definition) is 0. The first-order valence-corrected chi connectivity index (χ1v) is 20.6. The summed E-state index contributed by atoms with van der Waals surface area (Å²) in [5.74, 6) is 0.881. The fraction of sp³-hybridized carbons (Fsp3) is 0.347. The number of carbonyl (C=O) groups excluding carboxylic acids is 3. The molecule has 1 heterocycles. The fourth-order valence-corrected chi connectivity index (χ4v) is 7.27. The normalized spacial score (nSPS) is 11.6. The molecule has 0 unspecified atom stereocenters. The van der Waals surface area contributed by atoms with Crippen LogP contribution in [0.15, 0.2) is 110 Å². The van der Waals surface area contributed by atoms with Crippen LogP contribution in [0.1, 0.15) is 113 Å². The second kappa shape index (κ2) is 20.3. The number of aromatic nitrogens is 1. The summed E-state index contributed by atoms with van der Waals surface area (Å²) < 4.78 is 29.8. The molecule has 1 aromatic heterocycles. The first-order valence-electron chi connectivity index (χ1n) is 19.7. The highest BCUT2D eigenvalue weighted by molar-refractivity contribution is 7.18. The van der Waals surface area contributed by atoms with E-state index in [9.17, 15) is 14.4 Å². The Hall–Kier alpha value is -5.74. The van der Waals surface area contributed by atoms with Gasteiger partial charge in [0.05, 0.1) is 26.4 Å². The van der Waals surface area contributed by atoms with Crippen LogP contribution in [0.25, 0.3) is 16.3 Å². The van der Waals surface area contributed by atoms with E-state index in [2.05, 4.69) is 56.3 Å². The molecule has 0 saturated carbocycles. The number of para-hydroxylation sites is 1. The van der Waals surface area contributed by atoms with E-state index in [1.807, 2.05) is 46.0 Å². The molecule has 0 bridgehead atoms. The van der Waals surface area contributed by atoms with Crippen LogP contribution in [0, 0.1) is 5.92 Å². The van der Waals surface area contributed by atoms with Gasteiger partial charge < -0.3 is 23.7 Å². The number of carbonyl (C=O) groups is 3. The van der Waals surface area contributed by atoms with Gasteiger partial charge in [-0.1, -0.05) is 51.6 Å². The average Bonchev–Trinajstić information content (AvgIpc) is 3.57. The number of nitrogens with zero attached hydrogens (tertiary/aromatic N) is 1. The number of fused-ring (bicyclic) bond motifs is 1. The number of hydrogen-bond acceptors (Lipinski definition) is 10. The van der Waals surface area contributed by atoms with Crippen LogP contribution in [0.5, 0.6) is 23.0 Å². The molecule has 0 spiro atoms. The van der Waals surface area contributed by atoms with E-state index >= 15 is 0 Å². The van der Waals surface area contributed by atoms with Gasteiger partial charge in [-0.2, -0.15) is 0 Å². The number of rotatable bonds is 16. The molecule has 0 aliphatic rings. The molecular formula is C49H57NO8S. The van der Waals surface area contributed by atoms with Crippen molar-refractivity contribution in [2.45, 2.75) is 105 Å². The summed E-state index contributed by atoms with van der Waals surface area (Å²) >= 11 is 1.84. The number of thiazole rings is 1. The van der Waals surface area contributed by atoms with Gasteiger partial charge in [-0.25, -0.2) is 19.4 Å². The van der Waals surface area contributed by atoms with Gasteiger partial charge in [0.15, 0.2) is 0 Å². The third-order valence-corrected chi connectivity index (χ3v) is 9.61. The quantitative estimate of drug-likeness (QED) is 0.0546. The molecule has 0 amide bonds. The Balaban J connectivity index is 0.000000425. The van der Waals surface area contributed by atoms with Gasteiger partial charge in [-0.15, -0.1) is 11.3 Å². The van der Waals surface area contributed by atoms with E-state index in [0.29, 0.717) is 34.6 Å². The molecule has 10 heteroatoms. The van der Waals surface area contributed by atoms with Gasteiger partial charge in [0.1, 0.15) is 39.8 Å². The molecule has 0 fully saturated rings. The molecule has 0 atom stereocenters. The standard InChI is InChI=1S/C36H40O8.C13H17NS/c1-10-24-22-29(40-32(38)25-12-16-27(17-13-25)42-34(3,4)5)20-21-30(24)41-33(39)26-14-18-28(19-15-26)43-35(6,7)23-36(8,9)44-31(37)11-2;1-10(2)6-5-9-13-14-11-7-3-4-8-12(11)15-13/h10-22H,1-2,23H2,3-9H3;3-4,7-8,10H,5-6,9H2,1-2H3.